The van der Waals surface area contributed by atoms with Gasteiger partial charge >= 0.3 is 6.01 Å². The number of unbranched alkanes of at least 4 members (excludes halogenated alkanes) is 1. The maximum Gasteiger partial charge on any atom is 0.320 e. The number of likely N-dealkylation sites (tertiary alicyclic amines) is 1. The van der Waals surface area contributed by atoms with Crippen molar-refractivity contribution in [3.05, 3.63) is 41.0 Å². The molecule has 1 aromatic heterocycles. The van der Waals surface area contributed by atoms with Crippen LogP contribution in [0, 0.1) is 0 Å². The van der Waals surface area contributed by atoms with Crippen molar-refractivity contribution in [2.75, 3.05) is 36.9 Å². The summed E-state index contributed by atoms with van der Waals surface area (Å²) in [6.07, 6.45) is 4.86. The van der Waals surface area contributed by atoms with Gasteiger partial charge in [0.15, 0.2) is 5.78 Å². The first-order valence-corrected chi connectivity index (χ1v) is 11.0. The summed E-state index contributed by atoms with van der Waals surface area (Å²) in [5, 5.41) is 0. The van der Waals surface area contributed by atoms with Gasteiger partial charge in [-0.1, -0.05) is 37.6 Å². The fourth-order valence-electron chi connectivity index (χ4n) is 4.11. The van der Waals surface area contributed by atoms with Crippen LogP contribution in [0.4, 0.5) is 11.6 Å². The van der Waals surface area contributed by atoms with Crippen LogP contribution < -0.4 is 15.4 Å². The third kappa shape index (κ3) is 4.90. The second-order valence-corrected chi connectivity index (χ2v) is 8.27. The topological polar surface area (TPSA) is 84.6 Å². The van der Waals surface area contributed by atoms with Gasteiger partial charge in [-0.25, -0.2) is 0 Å². The van der Waals surface area contributed by atoms with E-state index in [1.165, 1.54) is 31.5 Å². The highest BCUT2D eigenvalue weighted by molar-refractivity contribution is 5.91. The lowest BCUT2D eigenvalue weighted by Gasteiger charge is -2.30. The molecule has 1 aromatic carbocycles. The number of carbonyl (C=O) groups is 1. The molecule has 0 saturated carbocycles. The second kappa shape index (κ2) is 9.43. The normalized spacial score (nSPS) is 16.7. The molecule has 1 fully saturated rings. The van der Waals surface area contributed by atoms with Crippen LogP contribution in [0.5, 0.6) is 6.01 Å². The number of fused-ring (bicyclic) bond motifs is 1. The molecule has 2 N–H and O–H groups in total. The number of nitrogens with zero attached hydrogens (tertiary/aromatic N) is 4. The van der Waals surface area contributed by atoms with Gasteiger partial charge in [-0.05, 0) is 43.5 Å². The molecule has 0 spiro atoms. The summed E-state index contributed by atoms with van der Waals surface area (Å²) in [6, 6.07) is 8.96. The molecule has 0 bridgehead atoms. The SMILES string of the molecule is CCCCOc1nc(N)c2c(n1)N(Cc1ccc(CN3CCCC3)cc1)CC(=O)C2. The van der Waals surface area contributed by atoms with E-state index in [4.69, 9.17) is 10.5 Å². The Kier molecular flexibility index (Phi) is 6.47. The molecule has 160 valence electrons. The maximum absolute atomic E-state index is 12.3. The molecular formula is C23H31N5O2. The van der Waals surface area contributed by atoms with E-state index in [0.717, 1.165) is 30.8 Å². The third-order valence-corrected chi connectivity index (χ3v) is 5.77. The van der Waals surface area contributed by atoms with Crippen molar-refractivity contribution in [3.63, 3.8) is 0 Å². The summed E-state index contributed by atoms with van der Waals surface area (Å²) in [5.74, 6) is 1.18. The minimum absolute atomic E-state index is 0.128. The number of Topliss-reactive ketones (excluding diaryl/α,β-unsaturated/α-hetero) is 1. The number of rotatable bonds is 8. The van der Waals surface area contributed by atoms with Gasteiger partial charge in [-0.3, -0.25) is 9.69 Å². The average molecular weight is 410 g/mol. The molecule has 0 unspecified atom stereocenters. The zero-order chi connectivity index (χ0) is 20.9. The van der Waals surface area contributed by atoms with Crippen LogP contribution in [0.3, 0.4) is 0 Å². The number of benzene rings is 1. The molecule has 2 aliphatic heterocycles. The zero-order valence-corrected chi connectivity index (χ0v) is 17.8. The van der Waals surface area contributed by atoms with Crippen LogP contribution in [0.2, 0.25) is 0 Å². The van der Waals surface area contributed by atoms with Crippen LogP contribution in [0.1, 0.15) is 49.3 Å². The highest BCUT2D eigenvalue weighted by atomic mass is 16.5. The van der Waals surface area contributed by atoms with Gasteiger partial charge in [0.05, 0.1) is 13.2 Å². The number of hydrogen-bond acceptors (Lipinski definition) is 7. The summed E-state index contributed by atoms with van der Waals surface area (Å²) < 4.78 is 5.68. The van der Waals surface area contributed by atoms with E-state index in [2.05, 4.69) is 46.1 Å². The molecule has 0 aliphatic carbocycles. The van der Waals surface area contributed by atoms with Gasteiger partial charge in [0, 0.05) is 25.1 Å². The van der Waals surface area contributed by atoms with Crippen molar-refractivity contribution in [3.8, 4) is 6.01 Å². The fraction of sp³-hybridized carbons (Fsp3) is 0.522. The van der Waals surface area contributed by atoms with Gasteiger partial charge in [-0.15, -0.1) is 0 Å². The number of ketones is 1. The molecule has 4 rings (SSSR count). The Balaban J connectivity index is 1.49. The highest BCUT2D eigenvalue weighted by Crippen LogP contribution is 2.30. The standard InChI is InChI=1S/C23H31N5O2/c1-2-3-12-30-23-25-21(24)20-13-19(29)16-28(22(20)26-23)15-18-8-6-17(7-9-18)14-27-10-4-5-11-27/h6-9H,2-5,10-16H2,1H3,(H2,24,25,26). The number of nitrogen functional groups attached to an aromatic ring is 1. The lowest BCUT2D eigenvalue weighted by molar-refractivity contribution is -0.117. The summed E-state index contributed by atoms with van der Waals surface area (Å²) >= 11 is 0. The molecule has 1 saturated heterocycles. The molecule has 0 amide bonds. The predicted molar refractivity (Wildman–Crippen MR) is 118 cm³/mol. The van der Waals surface area contributed by atoms with Gasteiger partial charge in [0.2, 0.25) is 0 Å². The monoisotopic (exact) mass is 409 g/mol. The molecule has 2 aliphatic rings. The molecule has 30 heavy (non-hydrogen) atoms. The van der Waals surface area contributed by atoms with Crippen molar-refractivity contribution in [2.45, 2.75) is 52.1 Å². The van der Waals surface area contributed by atoms with E-state index >= 15 is 0 Å². The third-order valence-electron chi connectivity index (χ3n) is 5.77. The second-order valence-electron chi connectivity index (χ2n) is 8.27. The van der Waals surface area contributed by atoms with Crippen molar-refractivity contribution in [1.29, 1.82) is 0 Å². The van der Waals surface area contributed by atoms with E-state index in [0.29, 0.717) is 37.1 Å². The van der Waals surface area contributed by atoms with Gasteiger partial charge in [0.1, 0.15) is 11.6 Å². The average Bonchev–Trinajstić information content (AvgIpc) is 3.24. The Morgan fingerprint density at radius 1 is 1.07 bits per heavy atom. The summed E-state index contributed by atoms with van der Waals surface area (Å²) in [4.78, 5) is 25.7. The maximum atomic E-state index is 12.3. The first-order valence-electron chi connectivity index (χ1n) is 11.0. The van der Waals surface area contributed by atoms with Gasteiger partial charge in [0.25, 0.3) is 0 Å². The summed E-state index contributed by atoms with van der Waals surface area (Å²) in [6.45, 7) is 6.99. The fourth-order valence-corrected chi connectivity index (χ4v) is 4.11. The lowest BCUT2D eigenvalue weighted by Crippen LogP contribution is -2.36. The number of aromatic nitrogens is 2. The van der Waals surface area contributed by atoms with E-state index in [-0.39, 0.29) is 12.2 Å². The van der Waals surface area contributed by atoms with Crippen LogP contribution in [-0.2, 0) is 24.3 Å². The Morgan fingerprint density at radius 3 is 2.47 bits per heavy atom. The Bertz CT molecular complexity index is 878. The number of carbonyl (C=O) groups excluding carboxylic acids is 1. The van der Waals surface area contributed by atoms with E-state index in [9.17, 15) is 4.79 Å². The lowest BCUT2D eigenvalue weighted by atomic mass is 10.0. The van der Waals surface area contributed by atoms with Crippen LogP contribution >= 0.6 is 0 Å². The van der Waals surface area contributed by atoms with E-state index < -0.39 is 0 Å². The van der Waals surface area contributed by atoms with E-state index in [1.54, 1.807) is 0 Å². The van der Waals surface area contributed by atoms with Gasteiger partial charge in [-0.2, -0.15) is 9.97 Å². The number of anilines is 2. The van der Waals surface area contributed by atoms with Crippen molar-refractivity contribution in [2.24, 2.45) is 0 Å². The molecular weight excluding hydrogens is 378 g/mol. The minimum atomic E-state index is 0.128. The molecule has 7 heteroatoms. The Labute approximate surface area is 178 Å². The molecule has 0 radical (unpaired) electrons. The van der Waals surface area contributed by atoms with Crippen molar-refractivity contribution >= 4 is 17.4 Å². The minimum Gasteiger partial charge on any atom is -0.463 e. The molecule has 0 atom stereocenters. The molecule has 2 aromatic rings. The first-order chi connectivity index (χ1) is 14.6. The Morgan fingerprint density at radius 2 is 1.77 bits per heavy atom. The molecule has 7 nitrogen and oxygen atoms in total. The first kappa shape index (κ1) is 20.6. The summed E-state index contributed by atoms with van der Waals surface area (Å²) in [5.41, 5.74) is 9.33. The molecule has 3 heterocycles. The van der Waals surface area contributed by atoms with Crippen LogP contribution in [0.15, 0.2) is 24.3 Å². The van der Waals surface area contributed by atoms with Gasteiger partial charge < -0.3 is 15.4 Å². The zero-order valence-electron chi connectivity index (χ0n) is 17.8. The number of hydrogen-bond donors (Lipinski definition) is 1. The highest BCUT2D eigenvalue weighted by Gasteiger charge is 2.27. The largest absolute Gasteiger partial charge is 0.463 e. The number of nitrogens with two attached hydrogens (primary N) is 1. The van der Waals surface area contributed by atoms with Crippen molar-refractivity contribution in [1.82, 2.24) is 14.9 Å². The smallest absolute Gasteiger partial charge is 0.320 e. The van der Waals surface area contributed by atoms with Crippen LogP contribution in [-0.4, -0.2) is 46.9 Å². The van der Waals surface area contributed by atoms with Crippen LogP contribution in [0.25, 0.3) is 0 Å². The Hall–Kier alpha value is -2.67. The van der Waals surface area contributed by atoms with Crippen molar-refractivity contribution < 1.29 is 9.53 Å². The number of ether oxygens (including phenoxy) is 1. The predicted octanol–water partition coefficient (Wildman–Crippen LogP) is 2.97. The van der Waals surface area contributed by atoms with E-state index in [1.807, 2.05) is 4.90 Å². The summed E-state index contributed by atoms with van der Waals surface area (Å²) in [7, 11) is 0. The quantitative estimate of drug-likeness (QED) is 0.671.